The maximum Gasteiger partial charge on any atom is 0.191 e. The number of aliphatic imine (C=N–C) groups is 1. The molecule has 0 aliphatic carbocycles. The SMILES string of the molecule is CCc1ccc(CCNC(=NC)NCC2CCCO2)cc1. The van der Waals surface area contributed by atoms with Crippen LogP contribution in [0.1, 0.15) is 30.9 Å². The van der Waals surface area contributed by atoms with Gasteiger partial charge in [-0.15, -0.1) is 0 Å². The molecule has 1 aliphatic rings. The minimum absolute atomic E-state index is 0.338. The molecule has 1 fully saturated rings. The Morgan fingerprint density at radius 3 is 2.62 bits per heavy atom. The molecule has 2 N–H and O–H groups in total. The normalized spacial score (nSPS) is 18.8. The molecule has 1 aromatic carbocycles. The maximum atomic E-state index is 5.60. The third-order valence-corrected chi connectivity index (χ3v) is 3.88. The molecule has 1 saturated heterocycles. The van der Waals surface area contributed by atoms with Crippen molar-refractivity contribution in [1.29, 1.82) is 0 Å². The summed E-state index contributed by atoms with van der Waals surface area (Å²) in [4.78, 5) is 4.25. The first-order chi connectivity index (χ1) is 10.3. The zero-order valence-corrected chi connectivity index (χ0v) is 13.2. The third-order valence-electron chi connectivity index (χ3n) is 3.88. The number of rotatable bonds is 6. The highest BCUT2D eigenvalue weighted by Gasteiger charge is 2.15. The lowest BCUT2D eigenvalue weighted by molar-refractivity contribution is 0.114. The second-order valence-corrected chi connectivity index (χ2v) is 5.43. The van der Waals surface area contributed by atoms with E-state index in [0.29, 0.717) is 6.10 Å². The van der Waals surface area contributed by atoms with E-state index in [2.05, 4.69) is 46.8 Å². The van der Waals surface area contributed by atoms with Crippen LogP contribution in [0.2, 0.25) is 0 Å². The second-order valence-electron chi connectivity index (χ2n) is 5.43. The summed E-state index contributed by atoms with van der Waals surface area (Å²) in [5, 5.41) is 6.68. The molecule has 0 aromatic heterocycles. The first-order valence-electron chi connectivity index (χ1n) is 7.95. The van der Waals surface area contributed by atoms with Gasteiger partial charge in [0.25, 0.3) is 0 Å². The summed E-state index contributed by atoms with van der Waals surface area (Å²) < 4.78 is 5.60. The van der Waals surface area contributed by atoms with Gasteiger partial charge in [0.2, 0.25) is 0 Å². The van der Waals surface area contributed by atoms with Crippen molar-refractivity contribution in [2.75, 3.05) is 26.7 Å². The quantitative estimate of drug-likeness (QED) is 0.623. The van der Waals surface area contributed by atoms with Crippen LogP contribution in [0, 0.1) is 0 Å². The van der Waals surface area contributed by atoms with Crippen molar-refractivity contribution < 1.29 is 4.74 Å². The fourth-order valence-corrected chi connectivity index (χ4v) is 2.50. The zero-order valence-electron chi connectivity index (χ0n) is 13.2. The molecule has 0 amide bonds. The van der Waals surface area contributed by atoms with E-state index in [1.54, 1.807) is 7.05 Å². The highest BCUT2D eigenvalue weighted by atomic mass is 16.5. The van der Waals surface area contributed by atoms with Crippen LogP contribution >= 0.6 is 0 Å². The van der Waals surface area contributed by atoms with Crippen LogP contribution in [0.5, 0.6) is 0 Å². The van der Waals surface area contributed by atoms with Gasteiger partial charge in [0.1, 0.15) is 0 Å². The van der Waals surface area contributed by atoms with Gasteiger partial charge in [0.15, 0.2) is 5.96 Å². The van der Waals surface area contributed by atoms with E-state index in [0.717, 1.165) is 44.9 Å². The molecule has 4 nitrogen and oxygen atoms in total. The van der Waals surface area contributed by atoms with E-state index in [-0.39, 0.29) is 0 Å². The molecule has 1 heterocycles. The Morgan fingerprint density at radius 1 is 1.24 bits per heavy atom. The molecule has 1 aliphatic heterocycles. The number of aryl methyl sites for hydroxylation is 1. The molecule has 0 spiro atoms. The predicted molar refractivity (Wildman–Crippen MR) is 87.9 cm³/mol. The molecule has 116 valence electrons. The third kappa shape index (κ3) is 5.38. The Kier molecular flexibility index (Phi) is 6.54. The van der Waals surface area contributed by atoms with Gasteiger partial charge in [-0.2, -0.15) is 0 Å². The summed E-state index contributed by atoms with van der Waals surface area (Å²) >= 11 is 0. The van der Waals surface area contributed by atoms with Crippen molar-refractivity contribution in [3.63, 3.8) is 0 Å². The van der Waals surface area contributed by atoms with Crippen LogP contribution in [-0.4, -0.2) is 38.8 Å². The van der Waals surface area contributed by atoms with Crippen LogP contribution in [0.15, 0.2) is 29.3 Å². The number of guanidine groups is 1. The van der Waals surface area contributed by atoms with E-state index in [1.165, 1.54) is 17.5 Å². The minimum Gasteiger partial charge on any atom is -0.376 e. The largest absolute Gasteiger partial charge is 0.376 e. The van der Waals surface area contributed by atoms with Gasteiger partial charge in [-0.1, -0.05) is 31.2 Å². The highest BCUT2D eigenvalue weighted by Crippen LogP contribution is 2.10. The average Bonchev–Trinajstić information content (AvgIpc) is 3.04. The smallest absolute Gasteiger partial charge is 0.191 e. The topological polar surface area (TPSA) is 45.7 Å². The summed E-state index contributed by atoms with van der Waals surface area (Å²) in [6.45, 7) is 4.80. The van der Waals surface area contributed by atoms with Crippen molar-refractivity contribution in [2.24, 2.45) is 4.99 Å². The molecule has 0 saturated carbocycles. The van der Waals surface area contributed by atoms with Gasteiger partial charge in [-0.05, 0) is 36.8 Å². The van der Waals surface area contributed by atoms with E-state index in [9.17, 15) is 0 Å². The molecule has 21 heavy (non-hydrogen) atoms. The van der Waals surface area contributed by atoms with Gasteiger partial charge in [-0.3, -0.25) is 4.99 Å². The summed E-state index contributed by atoms with van der Waals surface area (Å²) in [7, 11) is 1.81. The van der Waals surface area contributed by atoms with Crippen LogP contribution in [0.3, 0.4) is 0 Å². The van der Waals surface area contributed by atoms with Gasteiger partial charge < -0.3 is 15.4 Å². The van der Waals surface area contributed by atoms with E-state index < -0.39 is 0 Å². The summed E-state index contributed by atoms with van der Waals surface area (Å²) in [6, 6.07) is 8.84. The number of nitrogens with one attached hydrogen (secondary N) is 2. The van der Waals surface area contributed by atoms with Crippen LogP contribution in [0.4, 0.5) is 0 Å². The van der Waals surface area contributed by atoms with Crippen LogP contribution in [0.25, 0.3) is 0 Å². The lowest BCUT2D eigenvalue weighted by Crippen LogP contribution is -2.41. The van der Waals surface area contributed by atoms with Gasteiger partial charge in [0.05, 0.1) is 6.10 Å². The molecule has 4 heteroatoms. The number of ether oxygens (including phenoxy) is 1. The Hall–Kier alpha value is -1.55. The summed E-state index contributed by atoms with van der Waals surface area (Å²) in [5.41, 5.74) is 2.75. The molecular weight excluding hydrogens is 262 g/mol. The highest BCUT2D eigenvalue weighted by molar-refractivity contribution is 5.79. The fourth-order valence-electron chi connectivity index (χ4n) is 2.50. The van der Waals surface area contributed by atoms with Crippen molar-refractivity contribution >= 4 is 5.96 Å². The molecular formula is C17H27N3O. The first kappa shape index (κ1) is 15.8. The zero-order chi connectivity index (χ0) is 14.9. The Morgan fingerprint density at radius 2 is 2.00 bits per heavy atom. The minimum atomic E-state index is 0.338. The first-order valence-corrected chi connectivity index (χ1v) is 7.95. The number of hydrogen-bond acceptors (Lipinski definition) is 2. The van der Waals surface area contributed by atoms with Crippen LogP contribution in [-0.2, 0) is 17.6 Å². The predicted octanol–water partition coefficient (Wildman–Crippen LogP) is 2.14. The number of benzene rings is 1. The standard InChI is InChI=1S/C17H27N3O/c1-3-14-6-8-15(9-7-14)10-11-19-17(18-2)20-13-16-5-4-12-21-16/h6-9,16H,3-5,10-13H2,1-2H3,(H2,18,19,20). The van der Waals surface area contributed by atoms with Crippen LogP contribution < -0.4 is 10.6 Å². The lowest BCUT2D eigenvalue weighted by Gasteiger charge is -2.15. The Labute approximate surface area is 128 Å². The maximum absolute atomic E-state index is 5.60. The van der Waals surface area contributed by atoms with Gasteiger partial charge in [-0.25, -0.2) is 0 Å². The van der Waals surface area contributed by atoms with Crippen molar-refractivity contribution in [3.8, 4) is 0 Å². The number of hydrogen-bond donors (Lipinski definition) is 2. The molecule has 1 atom stereocenters. The Bertz CT molecular complexity index is 436. The molecule has 1 aromatic rings. The summed E-state index contributed by atoms with van der Waals surface area (Å²) in [6.07, 6.45) is 4.76. The van der Waals surface area contributed by atoms with E-state index >= 15 is 0 Å². The van der Waals surface area contributed by atoms with E-state index in [4.69, 9.17) is 4.74 Å². The summed E-state index contributed by atoms with van der Waals surface area (Å²) in [5.74, 6) is 0.857. The molecule has 0 radical (unpaired) electrons. The lowest BCUT2D eigenvalue weighted by atomic mass is 10.1. The number of nitrogens with zero attached hydrogens (tertiary/aromatic N) is 1. The monoisotopic (exact) mass is 289 g/mol. The van der Waals surface area contributed by atoms with Crippen molar-refractivity contribution in [3.05, 3.63) is 35.4 Å². The van der Waals surface area contributed by atoms with Gasteiger partial charge in [0, 0.05) is 26.7 Å². The molecule has 2 rings (SSSR count). The van der Waals surface area contributed by atoms with Crippen molar-refractivity contribution in [2.45, 2.75) is 38.7 Å². The van der Waals surface area contributed by atoms with Crippen molar-refractivity contribution in [1.82, 2.24) is 10.6 Å². The second kappa shape index (κ2) is 8.67. The molecule has 0 bridgehead atoms. The van der Waals surface area contributed by atoms with E-state index in [1.807, 2.05) is 0 Å². The Balaban J connectivity index is 1.67. The molecule has 1 unspecified atom stereocenters. The average molecular weight is 289 g/mol. The fraction of sp³-hybridized carbons (Fsp3) is 0.588. The van der Waals surface area contributed by atoms with Gasteiger partial charge >= 0.3 is 0 Å².